The van der Waals surface area contributed by atoms with E-state index in [2.05, 4.69) is 15.4 Å². The maximum atomic E-state index is 4.09. The molecule has 2 rings (SSSR count). The van der Waals surface area contributed by atoms with Gasteiger partial charge in [-0.05, 0) is 31.8 Å². The van der Waals surface area contributed by atoms with Gasteiger partial charge in [-0.25, -0.2) is 4.98 Å². The molecule has 0 aliphatic carbocycles. The van der Waals surface area contributed by atoms with Gasteiger partial charge in [0.15, 0.2) is 0 Å². The van der Waals surface area contributed by atoms with E-state index in [4.69, 9.17) is 0 Å². The molecule has 74 valence electrons. The first-order chi connectivity index (χ1) is 5.95. The molecule has 13 heavy (non-hydrogen) atoms. The van der Waals surface area contributed by atoms with Gasteiger partial charge in [-0.3, -0.25) is 4.68 Å². The Morgan fingerprint density at radius 3 is 3.08 bits per heavy atom. The molecule has 1 N–H and O–H groups in total. The van der Waals surface area contributed by atoms with E-state index >= 15 is 0 Å². The number of nitrogens with one attached hydrogen (secondary N) is 1. The molecule has 1 aromatic heterocycles. The third-order valence-corrected chi connectivity index (χ3v) is 2.31. The average molecular weight is 203 g/mol. The van der Waals surface area contributed by atoms with Crippen molar-refractivity contribution in [3.63, 3.8) is 0 Å². The molecule has 0 saturated carbocycles. The Kier molecular flexibility index (Phi) is 4.18. The zero-order chi connectivity index (χ0) is 8.23. The molecule has 1 aliphatic rings. The van der Waals surface area contributed by atoms with Crippen LogP contribution in [0.1, 0.15) is 12.8 Å². The maximum absolute atomic E-state index is 4.09. The smallest absolute Gasteiger partial charge is 0.137 e. The van der Waals surface area contributed by atoms with Crippen LogP contribution in [0.25, 0.3) is 0 Å². The number of piperidine rings is 1. The van der Waals surface area contributed by atoms with Crippen LogP contribution in [0.3, 0.4) is 0 Å². The van der Waals surface area contributed by atoms with Gasteiger partial charge in [0.2, 0.25) is 0 Å². The van der Waals surface area contributed by atoms with Crippen LogP contribution in [-0.2, 0) is 6.54 Å². The van der Waals surface area contributed by atoms with Crippen molar-refractivity contribution in [2.24, 2.45) is 5.92 Å². The summed E-state index contributed by atoms with van der Waals surface area (Å²) in [5.74, 6) is 0.737. The minimum atomic E-state index is 0. The maximum Gasteiger partial charge on any atom is 0.137 e. The van der Waals surface area contributed by atoms with E-state index in [0.717, 1.165) is 19.0 Å². The van der Waals surface area contributed by atoms with Crippen molar-refractivity contribution in [3.05, 3.63) is 12.7 Å². The normalized spacial score (nSPS) is 22.3. The van der Waals surface area contributed by atoms with Gasteiger partial charge in [0.25, 0.3) is 0 Å². The van der Waals surface area contributed by atoms with Crippen LogP contribution in [-0.4, -0.2) is 27.9 Å². The lowest BCUT2D eigenvalue weighted by atomic mass is 10.00. The van der Waals surface area contributed by atoms with Gasteiger partial charge in [0, 0.05) is 6.54 Å². The van der Waals surface area contributed by atoms with Crippen LogP contribution < -0.4 is 5.32 Å². The lowest BCUT2D eigenvalue weighted by Gasteiger charge is -2.22. The Morgan fingerprint density at radius 2 is 2.46 bits per heavy atom. The molecular weight excluding hydrogens is 188 g/mol. The predicted molar refractivity (Wildman–Crippen MR) is 52.9 cm³/mol. The van der Waals surface area contributed by atoms with Crippen molar-refractivity contribution in [3.8, 4) is 0 Å². The largest absolute Gasteiger partial charge is 0.316 e. The van der Waals surface area contributed by atoms with E-state index in [1.807, 2.05) is 4.68 Å². The molecule has 0 amide bonds. The summed E-state index contributed by atoms with van der Waals surface area (Å²) in [5.41, 5.74) is 0. The molecule has 1 aromatic rings. The van der Waals surface area contributed by atoms with Crippen LogP contribution in [0.4, 0.5) is 0 Å². The molecular formula is C8H15ClN4. The number of aromatic nitrogens is 3. The van der Waals surface area contributed by atoms with Gasteiger partial charge < -0.3 is 5.32 Å². The molecule has 1 unspecified atom stereocenters. The summed E-state index contributed by atoms with van der Waals surface area (Å²) in [5, 5.41) is 7.47. The Bertz CT molecular complexity index is 218. The van der Waals surface area contributed by atoms with Gasteiger partial charge >= 0.3 is 0 Å². The lowest BCUT2D eigenvalue weighted by molar-refractivity contribution is 0.325. The molecule has 1 saturated heterocycles. The van der Waals surface area contributed by atoms with Crippen LogP contribution in [0.2, 0.25) is 0 Å². The number of rotatable bonds is 2. The highest BCUT2D eigenvalue weighted by Gasteiger charge is 2.13. The monoisotopic (exact) mass is 202 g/mol. The molecule has 1 aliphatic heterocycles. The van der Waals surface area contributed by atoms with Crippen LogP contribution in [0, 0.1) is 5.92 Å². The summed E-state index contributed by atoms with van der Waals surface area (Å²) >= 11 is 0. The number of halogens is 1. The Labute approximate surface area is 84.1 Å². The van der Waals surface area contributed by atoms with Crippen molar-refractivity contribution >= 4 is 12.4 Å². The summed E-state index contributed by atoms with van der Waals surface area (Å²) in [6, 6.07) is 0. The molecule has 0 aromatic carbocycles. The zero-order valence-corrected chi connectivity index (χ0v) is 8.33. The first-order valence-electron chi connectivity index (χ1n) is 4.48. The quantitative estimate of drug-likeness (QED) is 0.768. The third-order valence-electron chi connectivity index (χ3n) is 2.31. The van der Waals surface area contributed by atoms with Gasteiger partial charge in [0.05, 0.1) is 0 Å². The Hall–Kier alpha value is -0.610. The third kappa shape index (κ3) is 2.97. The summed E-state index contributed by atoms with van der Waals surface area (Å²) in [7, 11) is 0. The van der Waals surface area contributed by atoms with Crippen LogP contribution >= 0.6 is 12.4 Å². The molecule has 2 heterocycles. The number of nitrogens with zero attached hydrogens (tertiary/aromatic N) is 3. The fourth-order valence-electron chi connectivity index (χ4n) is 1.67. The molecule has 1 fully saturated rings. The molecule has 1 atom stereocenters. The molecule has 0 spiro atoms. The van der Waals surface area contributed by atoms with Gasteiger partial charge in [-0.15, -0.1) is 12.4 Å². The summed E-state index contributed by atoms with van der Waals surface area (Å²) in [4.78, 5) is 3.92. The minimum Gasteiger partial charge on any atom is -0.316 e. The highest BCUT2D eigenvalue weighted by Crippen LogP contribution is 2.11. The Balaban J connectivity index is 0.000000845. The van der Waals surface area contributed by atoms with Crippen molar-refractivity contribution < 1.29 is 0 Å². The molecule has 4 nitrogen and oxygen atoms in total. The molecule has 5 heteroatoms. The second-order valence-corrected chi connectivity index (χ2v) is 3.33. The fourth-order valence-corrected chi connectivity index (χ4v) is 1.67. The van der Waals surface area contributed by atoms with Crippen LogP contribution in [0.15, 0.2) is 12.7 Å². The fraction of sp³-hybridized carbons (Fsp3) is 0.750. The van der Waals surface area contributed by atoms with Crippen molar-refractivity contribution in [1.82, 2.24) is 20.1 Å². The highest BCUT2D eigenvalue weighted by atomic mass is 35.5. The number of hydrogen-bond acceptors (Lipinski definition) is 3. The number of hydrogen-bond donors (Lipinski definition) is 1. The first-order valence-corrected chi connectivity index (χ1v) is 4.48. The zero-order valence-electron chi connectivity index (χ0n) is 7.52. The minimum absolute atomic E-state index is 0. The van der Waals surface area contributed by atoms with Crippen molar-refractivity contribution in [2.75, 3.05) is 13.1 Å². The molecule has 0 radical (unpaired) electrons. The van der Waals surface area contributed by atoms with E-state index in [-0.39, 0.29) is 12.4 Å². The standard InChI is InChI=1S/C8H14N4.ClH/c1-2-8(4-9-3-1)5-12-7-10-6-11-12;/h6-9H,1-5H2;1H. The molecule has 0 bridgehead atoms. The topological polar surface area (TPSA) is 42.7 Å². The van der Waals surface area contributed by atoms with Gasteiger partial charge in [0.1, 0.15) is 12.7 Å². The average Bonchev–Trinajstić information content (AvgIpc) is 2.59. The van der Waals surface area contributed by atoms with Crippen molar-refractivity contribution in [1.29, 1.82) is 0 Å². The first kappa shape index (κ1) is 10.5. The van der Waals surface area contributed by atoms with E-state index in [1.54, 1.807) is 12.7 Å². The summed E-state index contributed by atoms with van der Waals surface area (Å²) < 4.78 is 1.91. The van der Waals surface area contributed by atoms with E-state index in [0.29, 0.717) is 0 Å². The van der Waals surface area contributed by atoms with E-state index in [9.17, 15) is 0 Å². The summed E-state index contributed by atoms with van der Waals surface area (Å²) in [6.45, 7) is 3.31. The van der Waals surface area contributed by atoms with Crippen molar-refractivity contribution in [2.45, 2.75) is 19.4 Å². The van der Waals surface area contributed by atoms with Crippen LogP contribution in [0.5, 0.6) is 0 Å². The highest BCUT2D eigenvalue weighted by molar-refractivity contribution is 5.85. The second-order valence-electron chi connectivity index (χ2n) is 3.33. The van der Waals surface area contributed by atoms with E-state index in [1.165, 1.54) is 19.4 Å². The van der Waals surface area contributed by atoms with Gasteiger partial charge in [-0.2, -0.15) is 5.10 Å². The second kappa shape index (κ2) is 5.19. The Morgan fingerprint density at radius 1 is 1.54 bits per heavy atom. The summed E-state index contributed by atoms with van der Waals surface area (Å²) in [6.07, 6.45) is 5.98. The lowest BCUT2D eigenvalue weighted by Crippen LogP contribution is -2.32. The predicted octanol–water partition coefficient (Wildman–Crippen LogP) is 0.699. The SMILES string of the molecule is Cl.c1ncn(CC2CCCNC2)n1. The van der Waals surface area contributed by atoms with Gasteiger partial charge in [-0.1, -0.05) is 0 Å². The van der Waals surface area contributed by atoms with E-state index < -0.39 is 0 Å².